The van der Waals surface area contributed by atoms with Crippen molar-refractivity contribution in [2.75, 3.05) is 0 Å². The summed E-state index contributed by atoms with van der Waals surface area (Å²) in [6.45, 7) is 4.12. The Labute approximate surface area is 187 Å². The standard InChI is InChI=1S/C27H23N5/c1-19-18-22(29-23(28-19)20-12-6-3-7-13-20)25-30-24(21-14-8-4-9-15-21)31-26(32-25)27(2)16-10-5-11-17-27/h3-16,18H,17H2,1-2H3. The van der Waals surface area contributed by atoms with Gasteiger partial charge in [0.25, 0.3) is 0 Å². The fourth-order valence-corrected chi connectivity index (χ4v) is 3.75. The normalized spacial score (nSPS) is 17.4. The predicted octanol–water partition coefficient (Wildman–Crippen LogP) is 5.74. The summed E-state index contributed by atoms with van der Waals surface area (Å²) in [5.41, 5.74) is 3.16. The number of allylic oxidation sites excluding steroid dienone is 4. The van der Waals surface area contributed by atoms with Crippen LogP contribution in [0.3, 0.4) is 0 Å². The van der Waals surface area contributed by atoms with Crippen LogP contribution in [0.5, 0.6) is 0 Å². The largest absolute Gasteiger partial charge is 0.233 e. The van der Waals surface area contributed by atoms with Gasteiger partial charge >= 0.3 is 0 Å². The van der Waals surface area contributed by atoms with Crippen LogP contribution < -0.4 is 0 Å². The molecule has 0 fully saturated rings. The van der Waals surface area contributed by atoms with Crippen molar-refractivity contribution in [3.8, 4) is 34.3 Å². The molecule has 5 rings (SSSR count). The Kier molecular flexibility index (Phi) is 5.15. The molecule has 0 saturated heterocycles. The summed E-state index contributed by atoms with van der Waals surface area (Å²) in [7, 11) is 0. The smallest absolute Gasteiger partial charge is 0.182 e. The highest BCUT2D eigenvalue weighted by atomic mass is 15.1. The average molecular weight is 418 g/mol. The lowest BCUT2D eigenvalue weighted by Crippen LogP contribution is -2.24. The highest BCUT2D eigenvalue weighted by molar-refractivity contribution is 5.62. The summed E-state index contributed by atoms with van der Waals surface area (Å²) in [6, 6.07) is 21.9. The zero-order valence-corrected chi connectivity index (χ0v) is 18.1. The maximum Gasteiger partial charge on any atom is 0.182 e. The fraction of sp³-hybridized carbons (Fsp3) is 0.148. The number of aryl methyl sites for hydroxylation is 1. The molecular formula is C27H23N5. The molecule has 2 aromatic carbocycles. The van der Waals surface area contributed by atoms with Crippen molar-refractivity contribution in [2.45, 2.75) is 25.7 Å². The second kappa shape index (κ2) is 8.27. The van der Waals surface area contributed by atoms with Crippen LogP contribution in [0.1, 0.15) is 24.9 Å². The van der Waals surface area contributed by atoms with Crippen LogP contribution in [0, 0.1) is 6.92 Å². The van der Waals surface area contributed by atoms with Crippen molar-refractivity contribution in [2.24, 2.45) is 0 Å². The SMILES string of the molecule is Cc1cc(-c2nc(-c3ccccc3)nc(C3(C)C=CC=CC3)n2)nc(-c2ccccc2)n1. The molecule has 2 heterocycles. The molecule has 5 heteroatoms. The van der Waals surface area contributed by atoms with E-state index < -0.39 is 0 Å². The van der Waals surface area contributed by atoms with E-state index in [2.05, 4.69) is 36.2 Å². The lowest BCUT2D eigenvalue weighted by molar-refractivity contribution is 0.554. The van der Waals surface area contributed by atoms with Crippen molar-refractivity contribution in [1.29, 1.82) is 0 Å². The van der Waals surface area contributed by atoms with Crippen LogP contribution in [0.4, 0.5) is 0 Å². The van der Waals surface area contributed by atoms with Crippen LogP contribution in [-0.4, -0.2) is 24.9 Å². The highest BCUT2D eigenvalue weighted by Gasteiger charge is 2.29. The molecule has 32 heavy (non-hydrogen) atoms. The third-order valence-electron chi connectivity index (χ3n) is 5.55. The Morgan fingerprint density at radius 3 is 1.94 bits per heavy atom. The predicted molar refractivity (Wildman–Crippen MR) is 127 cm³/mol. The first kappa shape index (κ1) is 19.9. The van der Waals surface area contributed by atoms with Crippen LogP contribution in [0.2, 0.25) is 0 Å². The molecular weight excluding hydrogens is 394 g/mol. The van der Waals surface area contributed by atoms with Crippen LogP contribution in [0.25, 0.3) is 34.3 Å². The van der Waals surface area contributed by atoms with Gasteiger partial charge in [-0.1, -0.05) is 85.0 Å². The van der Waals surface area contributed by atoms with E-state index in [-0.39, 0.29) is 5.41 Å². The molecule has 0 bridgehead atoms. The molecule has 0 amide bonds. The molecule has 4 aromatic rings. The van der Waals surface area contributed by atoms with Crippen molar-refractivity contribution in [3.05, 3.63) is 103 Å². The second-order valence-electron chi connectivity index (χ2n) is 8.17. The van der Waals surface area contributed by atoms with Crippen LogP contribution >= 0.6 is 0 Å². The maximum atomic E-state index is 4.90. The van der Waals surface area contributed by atoms with Crippen molar-refractivity contribution in [3.63, 3.8) is 0 Å². The van der Waals surface area contributed by atoms with Gasteiger partial charge in [0.2, 0.25) is 0 Å². The first-order chi connectivity index (χ1) is 15.6. The van der Waals surface area contributed by atoms with E-state index >= 15 is 0 Å². The monoisotopic (exact) mass is 417 g/mol. The Bertz CT molecular complexity index is 1310. The van der Waals surface area contributed by atoms with Gasteiger partial charge in [0.15, 0.2) is 17.5 Å². The Balaban J connectivity index is 1.69. The van der Waals surface area contributed by atoms with Gasteiger partial charge in [0.05, 0.1) is 0 Å². The van der Waals surface area contributed by atoms with Crippen molar-refractivity contribution < 1.29 is 0 Å². The quantitative estimate of drug-likeness (QED) is 0.423. The lowest BCUT2D eigenvalue weighted by Gasteiger charge is -2.25. The maximum absolute atomic E-state index is 4.90. The number of aromatic nitrogens is 5. The fourth-order valence-electron chi connectivity index (χ4n) is 3.75. The first-order valence-electron chi connectivity index (χ1n) is 10.7. The van der Waals surface area contributed by atoms with E-state index in [9.17, 15) is 0 Å². The molecule has 0 aliphatic heterocycles. The van der Waals surface area contributed by atoms with Gasteiger partial charge in [-0.05, 0) is 26.3 Å². The minimum absolute atomic E-state index is 0.305. The summed E-state index contributed by atoms with van der Waals surface area (Å²) >= 11 is 0. The number of rotatable bonds is 4. The molecule has 0 radical (unpaired) electrons. The van der Waals surface area contributed by atoms with Crippen molar-refractivity contribution >= 4 is 0 Å². The molecule has 1 unspecified atom stereocenters. The molecule has 1 aliphatic rings. The van der Waals surface area contributed by atoms with Crippen LogP contribution in [-0.2, 0) is 5.41 Å². The summed E-state index contributed by atoms with van der Waals surface area (Å²) in [6.07, 6.45) is 9.24. The van der Waals surface area contributed by atoms with E-state index in [1.54, 1.807) is 0 Å². The molecule has 1 atom stereocenters. The van der Waals surface area contributed by atoms with Gasteiger partial charge in [-0.15, -0.1) is 0 Å². The summed E-state index contributed by atoms with van der Waals surface area (Å²) in [4.78, 5) is 24.1. The van der Waals surface area contributed by atoms with E-state index in [0.29, 0.717) is 23.2 Å². The third-order valence-corrected chi connectivity index (χ3v) is 5.55. The number of hydrogen-bond donors (Lipinski definition) is 0. The van der Waals surface area contributed by atoms with Gasteiger partial charge in [-0.3, -0.25) is 0 Å². The van der Waals surface area contributed by atoms with Gasteiger partial charge in [0.1, 0.15) is 11.5 Å². The van der Waals surface area contributed by atoms with E-state index in [1.165, 1.54) is 0 Å². The summed E-state index contributed by atoms with van der Waals surface area (Å²) in [5, 5.41) is 0. The lowest BCUT2D eigenvalue weighted by atomic mass is 9.83. The Morgan fingerprint density at radius 2 is 1.31 bits per heavy atom. The highest BCUT2D eigenvalue weighted by Crippen LogP contribution is 2.32. The van der Waals surface area contributed by atoms with Crippen LogP contribution in [0.15, 0.2) is 91.0 Å². The van der Waals surface area contributed by atoms with Crippen molar-refractivity contribution in [1.82, 2.24) is 24.9 Å². The van der Waals surface area contributed by atoms with E-state index in [4.69, 9.17) is 19.9 Å². The third kappa shape index (κ3) is 3.97. The topological polar surface area (TPSA) is 64.5 Å². The first-order valence-corrected chi connectivity index (χ1v) is 10.7. The molecule has 2 aromatic heterocycles. The van der Waals surface area contributed by atoms with E-state index in [0.717, 1.165) is 29.1 Å². The molecule has 0 N–H and O–H groups in total. The minimum atomic E-state index is -0.305. The number of hydrogen-bond acceptors (Lipinski definition) is 5. The molecule has 156 valence electrons. The zero-order chi connectivity index (χ0) is 22.0. The average Bonchev–Trinajstić information content (AvgIpc) is 2.85. The van der Waals surface area contributed by atoms with Gasteiger partial charge < -0.3 is 0 Å². The molecule has 5 nitrogen and oxygen atoms in total. The summed E-state index contributed by atoms with van der Waals surface area (Å²) in [5.74, 6) is 2.60. The molecule has 0 spiro atoms. The van der Waals surface area contributed by atoms with E-state index in [1.807, 2.05) is 73.7 Å². The van der Waals surface area contributed by atoms with Gasteiger partial charge in [-0.2, -0.15) is 0 Å². The zero-order valence-electron chi connectivity index (χ0n) is 18.1. The van der Waals surface area contributed by atoms with Gasteiger partial charge in [0, 0.05) is 22.2 Å². The minimum Gasteiger partial charge on any atom is -0.233 e. The second-order valence-corrected chi connectivity index (χ2v) is 8.17. The Hall–Kier alpha value is -3.99. The van der Waals surface area contributed by atoms with Gasteiger partial charge in [-0.25, -0.2) is 24.9 Å². The Morgan fingerprint density at radius 1 is 0.688 bits per heavy atom. The molecule has 1 aliphatic carbocycles. The summed E-state index contributed by atoms with van der Waals surface area (Å²) < 4.78 is 0. The number of nitrogens with zero attached hydrogens (tertiary/aromatic N) is 5. The number of benzene rings is 2. The molecule has 0 saturated carbocycles.